The van der Waals surface area contributed by atoms with Crippen molar-refractivity contribution in [1.82, 2.24) is 4.98 Å². The quantitative estimate of drug-likeness (QED) is 0.463. The van der Waals surface area contributed by atoms with E-state index < -0.39 is 0 Å². The second kappa shape index (κ2) is 11.4. The fourth-order valence-electron chi connectivity index (χ4n) is 2.79. The number of hydrogen-bond donors (Lipinski definition) is 1. The molecule has 0 aliphatic carbocycles. The molecule has 1 N–H and O–H groups in total. The van der Waals surface area contributed by atoms with Crippen LogP contribution in [0.25, 0.3) is 6.08 Å². The van der Waals surface area contributed by atoms with E-state index in [9.17, 15) is 4.79 Å². The number of nitrogens with one attached hydrogen (secondary N) is 1. The first-order valence-corrected chi connectivity index (χ1v) is 10.1. The Morgan fingerprint density at radius 1 is 1.06 bits per heavy atom. The summed E-state index contributed by atoms with van der Waals surface area (Å²) in [6.45, 7) is 3.08. The van der Waals surface area contributed by atoms with E-state index in [-0.39, 0.29) is 5.91 Å². The number of nitrogens with zero attached hydrogens (tertiary/aromatic N) is 1. The lowest BCUT2D eigenvalue weighted by molar-refractivity contribution is -0.111. The standard InChI is InChI=1S/C25H26N2O4/c1-3-14-30-23-11-9-19(15-24(23)29-2)10-12-25(28)27-21-7-4-8-22(16-21)31-18-20-6-5-13-26-17-20/h4-13,15-17H,3,14,18H2,1-2H3,(H,27,28). The van der Waals surface area contributed by atoms with Gasteiger partial charge in [-0.3, -0.25) is 9.78 Å². The van der Waals surface area contributed by atoms with E-state index in [0.29, 0.717) is 36.1 Å². The molecule has 3 aromatic rings. The highest BCUT2D eigenvalue weighted by atomic mass is 16.5. The van der Waals surface area contributed by atoms with Crippen LogP contribution in [0.2, 0.25) is 0 Å². The molecule has 31 heavy (non-hydrogen) atoms. The van der Waals surface area contributed by atoms with Crippen LogP contribution < -0.4 is 19.5 Å². The number of rotatable bonds is 10. The normalized spacial score (nSPS) is 10.6. The number of ether oxygens (including phenoxy) is 3. The number of aromatic nitrogens is 1. The largest absolute Gasteiger partial charge is 0.493 e. The van der Waals surface area contributed by atoms with Crippen LogP contribution in [-0.2, 0) is 11.4 Å². The molecular formula is C25H26N2O4. The Morgan fingerprint density at radius 3 is 2.74 bits per heavy atom. The third-order valence-corrected chi connectivity index (χ3v) is 4.31. The Morgan fingerprint density at radius 2 is 1.97 bits per heavy atom. The summed E-state index contributed by atoms with van der Waals surface area (Å²) in [5.41, 5.74) is 2.46. The van der Waals surface area contributed by atoms with Gasteiger partial charge in [0, 0.05) is 35.8 Å². The smallest absolute Gasteiger partial charge is 0.248 e. The molecule has 0 aliphatic heterocycles. The van der Waals surface area contributed by atoms with E-state index in [2.05, 4.69) is 10.3 Å². The van der Waals surface area contributed by atoms with Gasteiger partial charge in [0.05, 0.1) is 13.7 Å². The van der Waals surface area contributed by atoms with Crippen molar-refractivity contribution in [3.05, 3.63) is 84.2 Å². The minimum Gasteiger partial charge on any atom is -0.493 e. The SMILES string of the molecule is CCCOc1ccc(C=CC(=O)Nc2cccc(OCc3cccnc3)c2)cc1OC. The van der Waals surface area contributed by atoms with Crippen LogP contribution in [0.4, 0.5) is 5.69 Å². The predicted octanol–water partition coefficient (Wildman–Crippen LogP) is 5.11. The van der Waals surface area contributed by atoms with Gasteiger partial charge in [-0.2, -0.15) is 0 Å². The van der Waals surface area contributed by atoms with Crippen molar-refractivity contribution in [2.24, 2.45) is 0 Å². The first-order valence-electron chi connectivity index (χ1n) is 10.1. The number of methoxy groups -OCH3 is 1. The predicted molar refractivity (Wildman–Crippen MR) is 121 cm³/mol. The molecule has 0 radical (unpaired) electrons. The summed E-state index contributed by atoms with van der Waals surface area (Å²) in [6.07, 6.45) is 7.60. The molecule has 1 heterocycles. The van der Waals surface area contributed by atoms with Gasteiger partial charge >= 0.3 is 0 Å². The second-order valence-electron chi connectivity index (χ2n) is 6.76. The number of hydrogen-bond acceptors (Lipinski definition) is 5. The molecule has 6 nitrogen and oxygen atoms in total. The van der Waals surface area contributed by atoms with Gasteiger partial charge in [-0.05, 0) is 48.4 Å². The molecule has 0 atom stereocenters. The van der Waals surface area contributed by atoms with Crippen molar-refractivity contribution < 1.29 is 19.0 Å². The lowest BCUT2D eigenvalue weighted by Crippen LogP contribution is -2.07. The van der Waals surface area contributed by atoms with Crippen molar-refractivity contribution in [2.75, 3.05) is 19.0 Å². The van der Waals surface area contributed by atoms with E-state index in [1.165, 1.54) is 6.08 Å². The van der Waals surface area contributed by atoms with E-state index in [1.54, 1.807) is 31.6 Å². The highest BCUT2D eigenvalue weighted by Gasteiger charge is 2.05. The van der Waals surface area contributed by atoms with Gasteiger partial charge in [0.1, 0.15) is 12.4 Å². The molecule has 0 spiro atoms. The first kappa shape index (κ1) is 21.9. The van der Waals surface area contributed by atoms with Gasteiger partial charge in [0.15, 0.2) is 11.5 Å². The van der Waals surface area contributed by atoms with Crippen LogP contribution in [0.15, 0.2) is 73.1 Å². The molecule has 0 saturated heterocycles. The van der Waals surface area contributed by atoms with Crippen LogP contribution in [0.1, 0.15) is 24.5 Å². The van der Waals surface area contributed by atoms with Gasteiger partial charge in [0.2, 0.25) is 5.91 Å². The molecule has 2 aromatic carbocycles. The fraction of sp³-hybridized carbons (Fsp3) is 0.200. The van der Waals surface area contributed by atoms with Gasteiger partial charge in [-0.15, -0.1) is 0 Å². The highest BCUT2D eigenvalue weighted by Crippen LogP contribution is 2.28. The lowest BCUT2D eigenvalue weighted by atomic mass is 10.2. The molecule has 160 valence electrons. The number of benzene rings is 2. The highest BCUT2D eigenvalue weighted by molar-refractivity contribution is 6.02. The summed E-state index contributed by atoms with van der Waals surface area (Å²) < 4.78 is 16.8. The zero-order chi connectivity index (χ0) is 21.9. The van der Waals surface area contributed by atoms with Gasteiger partial charge < -0.3 is 19.5 Å². The molecule has 0 bridgehead atoms. The lowest BCUT2D eigenvalue weighted by Gasteiger charge is -2.10. The van der Waals surface area contributed by atoms with E-state index in [1.807, 2.05) is 55.5 Å². The van der Waals surface area contributed by atoms with Gasteiger partial charge in [-0.1, -0.05) is 25.1 Å². The number of carbonyl (C=O) groups excluding carboxylic acids is 1. The topological polar surface area (TPSA) is 69.7 Å². The number of carbonyl (C=O) groups is 1. The first-order chi connectivity index (χ1) is 15.2. The third kappa shape index (κ3) is 6.89. The summed E-state index contributed by atoms with van der Waals surface area (Å²) in [7, 11) is 1.59. The number of pyridine rings is 1. The molecule has 3 rings (SSSR count). The fourth-order valence-corrected chi connectivity index (χ4v) is 2.79. The van der Waals surface area contributed by atoms with Crippen molar-refractivity contribution in [3.63, 3.8) is 0 Å². The van der Waals surface area contributed by atoms with Crippen LogP contribution in [0, 0.1) is 0 Å². The summed E-state index contributed by atoms with van der Waals surface area (Å²) >= 11 is 0. The molecule has 6 heteroatoms. The molecule has 1 aromatic heterocycles. The van der Waals surface area contributed by atoms with Crippen LogP contribution in [0.3, 0.4) is 0 Å². The molecule has 1 amide bonds. The maximum atomic E-state index is 12.3. The maximum Gasteiger partial charge on any atom is 0.248 e. The third-order valence-electron chi connectivity index (χ3n) is 4.31. The van der Waals surface area contributed by atoms with Crippen LogP contribution in [0.5, 0.6) is 17.2 Å². The summed E-state index contributed by atoms with van der Waals surface area (Å²) in [5.74, 6) is 1.75. The van der Waals surface area contributed by atoms with Gasteiger partial charge in [-0.25, -0.2) is 0 Å². The average molecular weight is 418 g/mol. The Balaban J connectivity index is 1.58. The van der Waals surface area contributed by atoms with Crippen LogP contribution >= 0.6 is 0 Å². The minimum atomic E-state index is -0.241. The Bertz CT molecular complexity index is 1020. The maximum absolute atomic E-state index is 12.3. The monoisotopic (exact) mass is 418 g/mol. The Kier molecular flexibility index (Phi) is 8.05. The van der Waals surface area contributed by atoms with E-state index >= 15 is 0 Å². The number of anilines is 1. The molecular weight excluding hydrogens is 392 g/mol. The average Bonchev–Trinajstić information content (AvgIpc) is 2.81. The Hall–Kier alpha value is -3.80. The second-order valence-corrected chi connectivity index (χ2v) is 6.76. The molecule has 0 saturated carbocycles. The van der Waals surface area contributed by atoms with Crippen LogP contribution in [-0.4, -0.2) is 24.6 Å². The van der Waals surface area contributed by atoms with Crippen molar-refractivity contribution in [1.29, 1.82) is 0 Å². The zero-order valence-corrected chi connectivity index (χ0v) is 17.7. The molecule has 0 unspecified atom stereocenters. The molecule has 0 aliphatic rings. The van der Waals surface area contributed by atoms with Crippen molar-refractivity contribution >= 4 is 17.7 Å². The van der Waals surface area contributed by atoms with E-state index in [4.69, 9.17) is 14.2 Å². The summed E-state index contributed by atoms with van der Waals surface area (Å²) in [5, 5.41) is 2.84. The Labute approximate surface area is 182 Å². The van der Waals surface area contributed by atoms with Crippen molar-refractivity contribution in [2.45, 2.75) is 20.0 Å². The minimum absolute atomic E-state index is 0.241. The van der Waals surface area contributed by atoms with Gasteiger partial charge in [0.25, 0.3) is 0 Å². The molecule has 0 fully saturated rings. The zero-order valence-electron chi connectivity index (χ0n) is 17.7. The van der Waals surface area contributed by atoms with E-state index in [0.717, 1.165) is 17.5 Å². The summed E-state index contributed by atoms with van der Waals surface area (Å²) in [6, 6.07) is 16.6. The summed E-state index contributed by atoms with van der Waals surface area (Å²) in [4.78, 5) is 16.4. The van der Waals surface area contributed by atoms with Crippen molar-refractivity contribution in [3.8, 4) is 17.2 Å². The number of amides is 1.